The first-order valence-corrected chi connectivity index (χ1v) is 7.15. The van der Waals surface area contributed by atoms with Crippen LogP contribution in [0.5, 0.6) is 0 Å². The zero-order chi connectivity index (χ0) is 14.8. The Labute approximate surface area is 119 Å². The van der Waals surface area contributed by atoms with Crippen LogP contribution < -0.4 is 0 Å². The van der Waals surface area contributed by atoms with Crippen molar-refractivity contribution in [3.05, 3.63) is 23.8 Å². The summed E-state index contributed by atoms with van der Waals surface area (Å²) in [7, 11) is 1.59. The number of hydrogen-bond acceptors (Lipinski definition) is 4. The van der Waals surface area contributed by atoms with E-state index in [2.05, 4.69) is 13.5 Å². The molecule has 0 aromatic heterocycles. The fourth-order valence-corrected chi connectivity index (χ4v) is 4.18. The lowest BCUT2D eigenvalue weighted by molar-refractivity contribution is -0.222. The molecule has 2 saturated carbocycles. The van der Waals surface area contributed by atoms with E-state index in [0.717, 1.165) is 24.0 Å². The van der Waals surface area contributed by atoms with Crippen LogP contribution in [0.15, 0.2) is 23.8 Å². The van der Waals surface area contributed by atoms with Crippen molar-refractivity contribution in [2.24, 2.45) is 11.3 Å². The lowest BCUT2D eigenvalue weighted by Crippen LogP contribution is -2.53. The molecule has 3 aliphatic rings. The molecule has 0 saturated heterocycles. The van der Waals surface area contributed by atoms with Crippen LogP contribution >= 0.6 is 0 Å². The van der Waals surface area contributed by atoms with Crippen molar-refractivity contribution < 1.29 is 19.4 Å². The van der Waals surface area contributed by atoms with E-state index in [4.69, 9.17) is 9.47 Å². The molecule has 4 heteroatoms. The molecule has 2 fully saturated rings. The number of fused-ring (bicyclic) bond motifs is 4. The number of esters is 1. The van der Waals surface area contributed by atoms with Crippen molar-refractivity contribution in [2.75, 3.05) is 7.11 Å². The molecule has 1 aliphatic heterocycles. The van der Waals surface area contributed by atoms with Gasteiger partial charge in [0.25, 0.3) is 0 Å². The van der Waals surface area contributed by atoms with Gasteiger partial charge in [-0.2, -0.15) is 0 Å². The smallest absolute Gasteiger partial charge is 0.333 e. The van der Waals surface area contributed by atoms with Crippen molar-refractivity contribution in [3.8, 4) is 0 Å². The Kier molecular flexibility index (Phi) is 2.73. The van der Waals surface area contributed by atoms with E-state index in [1.165, 1.54) is 0 Å². The maximum absolute atomic E-state index is 11.7. The highest BCUT2D eigenvalue weighted by Crippen LogP contribution is 2.59. The van der Waals surface area contributed by atoms with E-state index in [0.29, 0.717) is 12.8 Å². The lowest BCUT2D eigenvalue weighted by atomic mass is 9.58. The molecule has 1 heterocycles. The monoisotopic (exact) mass is 278 g/mol. The zero-order valence-electron chi connectivity index (χ0n) is 12.4. The van der Waals surface area contributed by atoms with Crippen LogP contribution in [0.2, 0.25) is 0 Å². The van der Waals surface area contributed by atoms with Gasteiger partial charge in [-0.15, -0.1) is 0 Å². The number of carbonyl (C=O) groups excluding carboxylic acids is 1. The van der Waals surface area contributed by atoms with Gasteiger partial charge in [0, 0.05) is 30.1 Å². The maximum atomic E-state index is 11.7. The van der Waals surface area contributed by atoms with E-state index in [1.54, 1.807) is 13.2 Å². The number of rotatable bonds is 1. The van der Waals surface area contributed by atoms with Gasteiger partial charge in [0.1, 0.15) is 0 Å². The quantitative estimate of drug-likeness (QED) is 0.591. The predicted molar refractivity (Wildman–Crippen MR) is 73.7 cm³/mol. The van der Waals surface area contributed by atoms with Crippen molar-refractivity contribution in [2.45, 2.75) is 50.9 Å². The van der Waals surface area contributed by atoms with Crippen LogP contribution in [-0.4, -0.2) is 29.6 Å². The number of carbonyl (C=O) groups is 1. The molecule has 20 heavy (non-hydrogen) atoms. The van der Waals surface area contributed by atoms with Crippen LogP contribution in [0.3, 0.4) is 0 Å². The molecule has 0 radical (unpaired) electrons. The van der Waals surface area contributed by atoms with Gasteiger partial charge in [-0.05, 0) is 38.2 Å². The molecule has 4 atom stereocenters. The van der Waals surface area contributed by atoms with Crippen LogP contribution in [0, 0.1) is 11.3 Å². The van der Waals surface area contributed by atoms with Gasteiger partial charge in [-0.3, -0.25) is 0 Å². The standard InChI is InChI=1S/C16H22O4/c1-10-7-12-9-14(2,15(10,3)18)6-5-11-8-13(17)20-16(11,12)19-4/h8,12,18H,1,5-7,9H2,2-4H3/t12-,14+,15+,16-/m0/s1. The molecule has 2 aliphatic carbocycles. The van der Waals surface area contributed by atoms with E-state index in [1.807, 2.05) is 6.92 Å². The fourth-order valence-electron chi connectivity index (χ4n) is 4.18. The van der Waals surface area contributed by atoms with Crippen molar-refractivity contribution in [1.82, 2.24) is 0 Å². The Hall–Kier alpha value is -1.13. The first kappa shape index (κ1) is 13.8. The number of hydrogen-bond donors (Lipinski definition) is 1. The average Bonchev–Trinajstić information content (AvgIpc) is 2.66. The minimum absolute atomic E-state index is 0.0189. The van der Waals surface area contributed by atoms with Crippen molar-refractivity contribution in [1.29, 1.82) is 0 Å². The minimum atomic E-state index is -0.950. The second-order valence-corrected chi connectivity index (χ2v) is 6.80. The second-order valence-electron chi connectivity index (χ2n) is 6.80. The van der Waals surface area contributed by atoms with Crippen molar-refractivity contribution in [3.63, 3.8) is 0 Å². The van der Waals surface area contributed by atoms with Gasteiger partial charge in [0.15, 0.2) is 0 Å². The highest BCUT2D eigenvalue weighted by molar-refractivity contribution is 5.86. The predicted octanol–water partition coefficient (Wildman–Crippen LogP) is 2.33. The summed E-state index contributed by atoms with van der Waals surface area (Å²) in [4.78, 5) is 11.7. The van der Waals surface area contributed by atoms with Crippen LogP contribution in [0.4, 0.5) is 0 Å². The molecule has 2 bridgehead atoms. The minimum Gasteiger partial charge on any atom is -0.425 e. The summed E-state index contributed by atoms with van der Waals surface area (Å²) >= 11 is 0. The SMILES string of the molecule is C=C1C[C@H]2C[C@@](C)(CCC3=CC(=O)O[C@@]32OC)[C@]1(C)O. The van der Waals surface area contributed by atoms with E-state index in [-0.39, 0.29) is 17.3 Å². The third-order valence-corrected chi connectivity index (χ3v) is 5.83. The molecule has 4 nitrogen and oxygen atoms in total. The summed E-state index contributed by atoms with van der Waals surface area (Å²) in [5.41, 5.74) is 0.554. The third kappa shape index (κ3) is 1.52. The summed E-state index contributed by atoms with van der Waals surface area (Å²) in [6.45, 7) is 8.02. The van der Waals surface area contributed by atoms with Gasteiger partial charge in [-0.1, -0.05) is 13.5 Å². The molecule has 3 rings (SSSR count). The van der Waals surface area contributed by atoms with E-state index < -0.39 is 11.4 Å². The Morgan fingerprint density at radius 2 is 2.20 bits per heavy atom. The number of methoxy groups -OCH3 is 1. The first-order valence-electron chi connectivity index (χ1n) is 7.15. The number of ether oxygens (including phenoxy) is 2. The largest absolute Gasteiger partial charge is 0.425 e. The van der Waals surface area contributed by atoms with Gasteiger partial charge in [0.05, 0.1) is 5.60 Å². The Bertz CT molecular complexity index is 519. The van der Waals surface area contributed by atoms with Gasteiger partial charge >= 0.3 is 5.97 Å². The number of aliphatic hydroxyl groups is 1. The molecule has 0 aromatic rings. The molecule has 110 valence electrons. The summed E-state index contributed by atoms with van der Waals surface area (Å²) in [6.07, 6.45) is 4.43. The van der Waals surface area contributed by atoms with E-state index in [9.17, 15) is 9.90 Å². The topological polar surface area (TPSA) is 55.8 Å². The first-order chi connectivity index (χ1) is 9.25. The summed E-state index contributed by atoms with van der Waals surface area (Å²) in [5.74, 6) is -1.26. The van der Waals surface area contributed by atoms with E-state index >= 15 is 0 Å². The Morgan fingerprint density at radius 3 is 2.85 bits per heavy atom. The molecular formula is C16H22O4. The highest BCUT2D eigenvalue weighted by Gasteiger charge is 2.61. The van der Waals surface area contributed by atoms with Crippen molar-refractivity contribution >= 4 is 5.97 Å². The summed E-state index contributed by atoms with van der Waals surface area (Å²) in [6, 6.07) is 0. The van der Waals surface area contributed by atoms with Gasteiger partial charge in [0.2, 0.25) is 5.79 Å². The third-order valence-electron chi connectivity index (χ3n) is 5.83. The van der Waals surface area contributed by atoms with Gasteiger partial charge in [-0.25, -0.2) is 4.79 Å². The Balaban J connectivity index is 2.10. The Morgan fingerprint density at radius 1 is 1.50 bits per heavy atom. The molecular weight excluding hydrogens is 256 g/mol. The second kappa shape index (κ2) is 3.95. The molecule has 1 N–H and O–H groups in total. The van der Waals surface area contributed by atoms with Crippen LogP contribution in [0.1, 0.15) is 39.5 Å². The maximum Gasteiger partial charge on any atom is 0.333 e. The molecule has 0 spiro atoms. The molecule has 0 aromatic carbocycles. The van der Waals surface area contributed by atoms with Gasteiger partial charge < -0.3 is 14.6 Å². The normalized spacial score (nSPS) is 47.4. The zero-order valence-corrected chi connectivity index (χ0v) is 12.4. The fraction of sp³-hybridized carbons (Fsp3) is 0.688. The van der Waals surface area contributed by atoms with Crippen LogP contribution in [-0.2, 0) is 14.3 Å². The lowest BCUT2D eigenvalue weighted by Gasteiger charge is -2.51. The highest BCUT2D eigenvalue weighted by atomic mass is 16.7. The average molecular weight is 278 g/mol. The van der Waals surface area contributed by atoms with Crippen LogP contribution in [0.25, 0.3) is 0 Å². The molecule has 0 amide bonds. The summed E-state index contributed by atoms with van der Waals surface area (Å²) < 4.78 is 11.2. The molecule has 0 unspecified atom stereocenters. The summed E-state index contributed by atoms with van der Waals surface area (Å²) in [5, 5.41) is 10.8.